The van der Waals surface area contributed by atoms with Crippen molar-refractivity contribution in [2.45, 2.75) is 51.2 Å². The van der Waals surface area contributed by atoms with Crippen LogP contribution in [0.25, 0.3) is 0 Å². The van der Waals surface area contributed by atoms with E-state index in [2.05, 4.69) is 36.6 Å². The summed E-state index contributed by atoms with van der Waals surface area (Å²) in [5.74, 6) is 0.612. The van der Waals surface area contributed by atoms with E-state index in [1.165, 1.54) is 29.1 Å². The van der Waals surface area contributed by atoms with Crippen molar-refractivity contribution in [2.24, 2.45) is 0 Å². The lowest BCUT2D eigenvalue weighted by Gasteiger charge is -2.11. The lowest BCUT2D eigenvalue weighted by molar-refractivity contribution is -0.191. The van der Waals surface area contributed by atoms with Crippen molar-refractivity contribution in [1.29, 1.82) is 0 Å². The third-order valence-corrected chi connectivity index (χ3v) is 5.05. The van der Waals surface area contributed by atoms with Crippen LogP contribution in [-0.4, -0.2) is 17.2 Å². The lowest BCUT2D eigenvalue weighted by atomic mass is 10.1. The second kappa shape index (κ2) is 9.36. The van der Waals surface area contributed by atoms with E-state index in [1.54, 1.807) is 0 Å². The van der Waals surface area contributed by atoms with Gasteiger partial charge in [0.05, 0.1) is 23.4 Å². The van der Waals surface area contributed by atoms with Gasteiger partial charge in [-0.15, -0.1) is 11.3 Å². The molecule has 0 N–H and O–H groups in total. The fourth-order valence-electron chi connectivity index (χ4n) is 2.78. The molecule has 3 rings (SSSR count). The highest BCUT2D eigenvalue weighted by Crippen LogP contribution is 2.37. The minimum Gasteiger partial charge on any atom is -0.374 e. The molecule has 2 aromatic rings. The minimum atomic E-state index is 0.250. The first-order valence-corrected chi connectivity index (χ1v) is 8.73. The molecule has 0 saturated heterocycles. The summed E-state index contributed by atoms with van der Waals surface area (Å²) in [5, 5.41) is 3.51. The number of ether oxygens (including phenoxy) is 1. The molecule has 0 aliphatic heterocycles. The summed E-state index contributed by atoms with van der Waals surface area (Å²) in [7, 11) is 0. The topological polar surface area (TPSA) is 56.3 Å². The van der Waals surface area contributed by atoms with Gasteiger partial charge >= 0.3 is 6.15 Å². The molecule has 0 amide bonds. The molecule has 1 heterocycles. The first-order chi connectivity index (χ1) is 11.3. The normalized spacial score (nSPS) is 19.7. The maximum absolute atomic E-state index is 8.12. The van der Waals surface area contributed by atoms with Gasteiger partial charge in [-0.2, -0.15) is 9.59 Å². The monoisotopic (exact) mass is 331 g/mol. The van der Waals surface area contributed by atoms with Crippen LogP contribution in [0.4, 0.5) is 0 Å². The van der Waals surface area contributed by atoms with Crippen molar-refractivity contribution < 1.29 is 14.3 Å². The predicted molar refractivity (Wildman–Crippen MR) is 88.1 cm³/mol. The van der Waals surface area contributed by atoms with Crippen LogP contribution >= 0.6 is 11.3 Å². The number of hydrogen-bond acceptors (Lipinski definition) is 5. The Morgan fingerprint density at radius 3 is 2.65 bits per heavy atom. The first kappa shape index (κ1) is 17.5. The quantitative estimate of drug-likeness (QED) is 0.832. The zero-order valence-corrected chi connectivity index (χ0v) is 14.1. The molecule has 0 bridgehead atoms. The zero-order valence-electron chi connectivity index (χ0n) is 13.2. The molecule has 1 aromatic carbocycles. The molecule has 5 heteroatoms. The Morgan fingerprint density at radius 1 is 1.26 bits per heavy atom. The van der Waals surface area contributed by atoms with Gasteiger partial charge in [-0.1, -0.05) is 37.3 Å². The number of thiazole rings is 1. The van der Waals surface area contributed by atoms with Crippen molar-refractivity contribution >= 4 is 17.5 Å². The van der Waals surface area contributed by atoms with Gasteiger partial charge in [0.15, 0.2) is 0 Å². The third-order valence-electron chi connectivity index (χ3n) is 3.99. The van der Waals surface area contributed by atoms with Gasteiger partial charge in [0.1, 0.15) is 0 Å². The van der Waals surface area contributed by atoms with E-state index in [1.807, 2.05) is 17.4 Å². The van der Waals surface area contributed by atoms with E-state index in [-0.39, 0.29) is 6.15 Å². The first-order valence-electron chi connectivity index (χ1n) is 7.85. The van der Waals surface area contributed by atoms with Gasteiger partial charge in [0.2, 0.25) is 0 Å². The van der Waals surface area contributed by atoms with Crippen molar-refractivity contribution in [1.82, 2.24) is 4.98 Å². The molecule has 23 heavy (non-hydrogen) atoms. The minimum absolute atomic E-state index is 0.250. The molecule has 4 nitrogen and oxygen atoms in total. The molecule has 1 fully saturated rings. The second-order valence-corrected chi connectivity index (χ2v) is 6.43. The van der Waals surface area contributed by atoms with Crippen LogP contribution in [0.3, 0.4) is 0 Å². The van der Waals surface area contributed by atoms with Gasteiger partial charge in [-0.05, 0) is 31.2 Å². The van der Waals surface area contributed by atoms with Gasteiger partial charge in [0, 0.05) is 11.3 Å². The van der Waals surface area contributed by atoms with E-state index in [9.17, 15) is 0 Å². The zero-order chi connectivity index (χ0) is 16.5. The standard InChI is InChI=1S/C17H21NOS.CO2/c1-2-15-12-20-17(18-15)14-8-9-16(10-14)19-11-13-6-4-3-5-7-13;2-1-3/h3-7,12,14,16H,2,8-11H2,1H3;/t14-,16-;/m0./s1. The third kappa shape index (κ3) is 5.39. The number of aromatic nitrogens is 1. The number of benzene rings is 1. The summed E-state index contributed by atoms with van der Waals surface area (Å²) in [6.45, 7) is 2.90. The Bertz CT molecular complexity index is 620. The second-order valence-electron chi connectivity index (χ2n) is 5.54. The average Bonchev–Trinajstić information content (AvgIpc) is 3.23. The Labute approximate surface area is 140 Å². The molecule has 0 radical (unpaired) electrons. The highest BCUT2D eigenvalue weighted by Gasteiger charge is 2.28. The maximum atomic E-state index is 8.12. The average molecular weight is 331 g/mol. The number of aryl methyl sites for hydroxylation is 1. The lowest BCUT2D eigenvalue weighted by Crippen LogP contribution is -2.08. The summed E-state index contributed by atoms with van der Waals surface area (Å²) in [4.78, 5) is 21.0. The molecule has 122 valence electrons. The van der Waals surface area contributed by atoms with Crippen molar-refractivity contribution in [2.75, 3.05) is 0 Å². The fourth-order valence-corrected chi connectivity index (χ4v) is 3.83. The Morgan fingerprint density at radius 2 is 2.00 bits per heavy atom. The predicted octanol–water partition coefficient (Wildman–Crippen LogP) is 3.97. The number of nitrogens with zero attached hydrogens (tertiary/aromatic N) is 1. The van der Waals surface area contributed by atoms with Gasteiger partial charge < -0.3 is 4.74 Å². The summed E-state index contributed by atoms with van der Waals surface area (Å²) in [5.41, 5.74) is 2.50. The van der Waals surface area contributed by atoms with Crippen LogP contribution in [0, 0.1) is 0 Å². The summed E-state index contributed by atoms with van der Waals surface area (Å²) >= 11 is 1.82. The number of carbonyl (C=O) groups excluding carboxylic acids is 2. The maximum Gasteiger partial charge on any atom is 0.373 e. The molecule has 1 aliphatic rings. The van der Waals surface area contributed by atoms with Crippen molar-refractivity contribution in [3.8, 4) is 0 Å². The Kier molecular flexibility index (Phi) is 7.14. The van der Waals surface area contributed by atoms with Crippen LogP contribution < -0.4 is 0 Å². The number of hydrogen-bond donors (Lipinski definition) is 0. The molecule has 1 aromatic heterocycles. The molecule has 1 aliphatic carbocycles. The highest BCUT2D eigenvalue weighted by atomic mass is 32.1. The number of rotatable bonds is 5. The largest absolute Gasteiger partial charge is 0.374 e. The highest BCUT2D eigenvalue weighted by molar-refractivity contribution is 7.09. The van der Waals surface area contributed by atoms with Crippen LogP contribution in [0.1, 0.15) is 48.4 Å². The summed E-state index contributed by atoms with van der Waals surface area (Å²) in [6, 6.07) is 10.4. The van der Waals surface area contributed by atoms with E-state index in [4.69, 9.17) is 19.3 Å². The van der Waals surface area contributed by atoms with Gasteiger partial charge in [-0.25, -0.2) is 4.98 Å². The molecular formula is C18H21NO3S. The Hall–Kier alpha value is -1.81. The molecular weight excluding hydrogens is 310 g/mol. The van der Waals surface area contributed by atoms with Gasteiger partial charge in [-0.3, -0.25) is 0 Å². The smallest absolute Gasteiger partial charge is 0.373 e. The summed E-state index contributed by atoms with van der Waals surface area (Å²) < 4.78 is 6.05. The van der Waals surface area contributed by atoms with Crippen LogP contribution in [0.5, 0.6) is 0 Å². The van der Waals surface area contributed by atoms with E-state index in [0.717, 1.165) is 19.4 Å². The van der Waals surface area contributed by atoms with E-state index >= 15 is 0 Å². The molecule has 2 atom stereocenters. The molecule has 0 spiro atoms. The van der Waals surface area contributed by atoms with Gasteiger partial charge in [0.25, 0.3) is 0 Å². The Balaban J connectivity index is 0.000000595. The van der Waals surface area contributed by atoms with Crippen LogP contribution in [0.15, 0.2) is 35.7 Å². The van der Waals surface area contributed by atoms with E-state index < -0.39 is 0 Å². The summed E-state index contributed by atoms with van der Waals surface area (Å²) in [6.07, 6.45) is 5.20. The van der Waals surface area contributed by atoms with Crippen LogP contribution in [-0.2, 0) is 27.4 Å². The molecule has 0 unspecified atom stereocenters. The van der Waals surface area contributed by atoms with Crippen molar-refractivity contribution in [3.63, 3.8) is 0 Å². The molecule has 1 saturated carbocycles. The fraction of sp³-hybridized carbons (Fsp3) is 0.444. The SMILES string of the molecule is CCc1csc([C@H]2CC[C@H](OCc3ccccc3)C2)n1.O=C=O. The van der Waals surface area contributed by atoms with Crippen LogP contribution in [0.2, 0.25) is 0 Å². The van der Waals surface area contributed by atoms with E-state index in [0.29, 0.717) is 12.0 Å². The van der Waals surface area contributed by atoms with Crippen molar-refractivity contribution in [3.05, 3.63) is 52.0 Å².